The highest BCUT2D eigenvalue weighted by Crippen LogP contribution is 2.33. The molecular formula is C16H25BrN2. The summed E-state index contributed by atoms with van der Waals surface area (Å²) >= 11 is 3.61. The van der Waals surface area contributed by atoms with Crippen LogP contribution >= 0.6 is 15.9 Å². The SMILES string of the molecule is CNCc1ccc(Br)cc1N1CCCC(C)(C)CC1. The van der Waals surface area contributed by atoms with Gasteiger partial charge in [0, 0.05) is 29.8 Å². The van der Waals surface area contributed by atoms with E-state index in [0.29, 0.717) is 5.41 Å². The Morgan fingerprint density at radius 2 is 2.05 bits per heavy atom. The second-order valence-electron chi connectivity index (χ2n) is 6.31. The molecule has 1 heterocycles. The monoisotopic (exact) mass is 324 g/mol. The lowest BCUT2D eigenvalue weighted by Gasteiger charge is -2.27. The quantitative estimate of drug-likeness (QED) is 0.897. The van der Waals surface area contributed by atoms with Crippen LogP contribution in [0.25, 0.3) is 0 Å². The van der Waals surface area contributed by atoms with E-state index >= 15 is 0 Å². The number of hydrogen-bond acceptors (Lipinski definition) is 2. The van der Waals surface area contributed by atoms with Gasteiger partial charge >= 0.3 is 0 Å². The summed E-state index contributed by atoms with van der Waals surface area (Å²) in [5, 5.41) is 3.27. The fourth-order valence-corrected chi connectivity index (χ4v) is 3.18. The average Bonchev–Trinajstić information content (AvgIpc) is 2.53. The predicted molar refractivity (Wildman–Crippen MR) is 86.8 cm³/mol. The van der Waals surface area contributed by atoms with Gasteiger partial charge in [-0.1, -0.05) is 35.8 Å². The molecule has 0 radical (unpaired) electrons. The molecule has 1 aromatic carbocycles. The molecule has 1 fully saturated rings. The van der Waals surface area contributed by atoms with Gasteiger partial charge in [-0.25, -0.2) is 0 Å². The van der Waals surface area contributed by atoms with Crippen molar-refractivity contribution in [3.05, 3.63) is 28.2 Å². The van der Waals surface area contributed by atoms with Crippen LogP contribution in [0.2, 0.25) is 0 Å². The van der Waals surface area contributed by atoms with Gasteiger partial charge in [0.05, 0.1) is 0 Å². The zero-order chi connectivity index (χ0) is 13.9. The van der Waals surface area contributed by atoms with Crippen LogP contribution in [0.1, 0.15) is 38.7 Å². The third-order valence-corrected chi connectivity index (χ3v) is 4.59. The Labute approximate surface area is 125 Å². The zero-order valence-corrected chi connectivity index (χ0v) is 13.9. The molecule has 0 atom stereocenters. The van der Waals surface area contributed by atoms with Gasteiger partial charge in [0.1, 0.15) is 0 Å². The molecule has 3 heteroatoms. The number of nitrogens with one attached hydrogen (secondary N) is 1. The van der Waals surface area contributed by atoms with Gasteiger partial charge in [-0.3, -0.25) is 0 Å². The van der Waals surface area contributed by atoms with E-state index in [-0.39, 0.29) is 0 Å². The number of halogens is 1. The number of benzene rings is 1. The maximum absolute atomic E-state index is 3.61. The zero-order valence-electron chi connectivity index (χ0n) is 12.3. The molecule has 106 valence electrons. The first-order chi connectivity index (χ1) is 9.02. The molecule has 0 bridgehead atoms. The third-order valence-electron chi connectivity index (χ3n) is 4.10. The lowest BCUT2D eigenvalue weighted by atomic mass is 9.85. The summed E-state index contributed by atoms with van der Waals surface area (Å²) in [6.45, 7) is 8.07. The smallest absolute Gasteiger partial charge is 0.0423 e. The topological polar surface area (TPSA) is 15.3 Å². The molecule has 2 nitrogen and oxygen atoms in total. The molecule has 0 aromatic heterocycles. The van der Waals surface area contributed by atoms with Crippen LogP contribution in [0.5, 0.6) is 0 Å². The molecule has 0 amide bonds. The molecule has 1 aromatic rings. The molecule has 2 rings (SSSR count). The van der Waals surface area contributed by atoms with Gasteiger partial charge in [-0.05, 0) is 49.4 Å². The summed E-state index contributed by atoms with van der Waals surface area (Å²) in [7, 11) is 2.01. The second-order valence-corrected chi connectivity index (χ2v) is 7.22. The van der Waals surface area contributed by atoms with E-state index in [0.717, 1.165) is 6.54 Å². The van der Waals surface area contributed by atoms with E-state index in [1.807, 2.05) is 7.05 Å². The van der Waals surface area contributed by atoms with Crippen molar-refractivity contribution in [3.63, 3.8) is 0 Å². The fraction of sp³-hybridized carbons (Fsp3) is 0.625. The summed E-state index contributed by atoms with van der Waals surface area (Å²) in [6, 6.07) is 6.63. The van der Waals surface area contributed by atoms with E-state index in [1.165, 1.54) is 48.1 Å². The molecule has 1 N–H and O–H groups in total. The van der Waals surface area contributed by atoms with Gasteiger partial charge in [-0.15, -0.1) is 0 Å². The maximum atomic E-state index is 3.61. The van der Waals surface area contributed by atoms with E-state index in [1.54, 1.807) is 0 Å². The largest absolute Gasteiger partial charge is 0.371 e. The third kappa shape index (κ3) is 3.96. The maximum Gasteiger partial charge on any atom is 0.0423 e. The van der Waals surface area contributed by atoms with Crippen LogP contribution in [-0.4, -0.2) is 20.1 Å². The second kappa shape index (κ2) is 6.27. The highest BCUT2D eigenvalue weighted by Gasteiger charge is 2.24. The van der Waals surface area contributed by atoms with Crippen molar-refractivity contribution in [1.82, 2.24) is 5.32 Å². The van der Waals surface area contributed by atoms with Crippen molar-refractivity contribution >= 4 is 21.6 Å². The van der Waals surface area contributed by atoms with E-state index in [9.17, 15) is 0 Å². The number of nitrogens with zero attached hydrogens (tertiary/aromatic N) is 1. The van der Waals surface area contributed by atoms with Crippen molar-refractivity contribution in [2.45, 2.75) is 39.7 Å². The van der Waals surface area contributed by atoms with Crippen molar-refractivity contribution in [1.29, 1.82) is 0 Å². The minimum atomic E-state index is 0.490. The molecule has 0 spiro atoms. The minimum absolute atomic E-state index is 0.490. The Morgan fingerprint density at radius 1 is 1.26 bits per heavy atom. The van der Waals surface area contributed by atoms with Gasteiger partial charge in [0.25, 0.3) is 0 Å². The Kier molecular flexibility index (Phi) is 4.91. The first-order valence-corrected chi connectivity index (χ1v) is 7.99. The molecule has 0 saturated carbocycles. The summed E-state index contributed by atoms with van der Waals surface area (Å²) in [4.78, 5) is 2.56. The number of hydrogen-bond donors (Lipinski definition) is 1. The molecule has 0 unspecified atom stereocenters. The summed E-state index contributed by atoms with van der Waals surface area (Å²) in [6.07, 6.45) is 3.90. The Morgan fingerprint density at radius 3 is 2.79 bits per heavy atom. The molecular weight excluding hydrogens is 300 g/mol. The summed E-state index contributed by atoms with van der Waals surface area (Å²) in [5.41, 5.74) is 3.27. The standard InChI is InChI=1S/C16H25BrN2/c1-16(2)7-4-9-19(10-8-16)15-11-14(17)6-5-13(15)12-18-3/h5-6,11,18H,4,7-10,12H2,1-3H3. The average molecular weight is 325 g/mol. The van der Waals surface area contributed by atoms with E-state index in [4.69, 9.17) is 0 Å². The van der Waals surface area contributed by atoms with Crippen molar-refractivity contribution in [3.8, 4) is 0 Å². The predicted octanol–water partition coefficient (Wildman–Crippen LogP) is 4.19. The molecule has 1 aliphatic rings. The Balaban J connectivity index is 2.22. The normalized spacial score (nSPS) is 19.3. The van der Waals surface area contributed by atoms with Crippen LogP contribution < -0.4 is 10.2 Å². The number of rotatable bonds is 3. The molecule has 19 heavy (non-hydrogen) atoms. The highest BCUT2D eigenvalue weighted by atomic mass is 79.9. The number of anilines is 1. The van der Waals surface area contributed by atoms with Crippen LogP contribution in [0.3, 0.4) is 0 Å². The van der Waals surface area contributed by atoms with Crippen molar-refractivity contribution in [2.24, 2.45) is 5.41 Å². The van der Waals surface area contributed by atoms with Crippen molar-refractivity contribution in [2.75, 3.05) is 25.0 Å². The summed E-state index contributed by atoms with van der Waals surface area (Å²) in [5.74, 6) is 0. The molecule has 1 aliphatic heterocycles. The highest BCUT2D eigenvalue weighted by molar-refractivity contribution is 9.10. The molecule has 1 saturated heterocycles. The first-order valence-electron chi connectivity index (χ1n) is 7.20. The van der Waals surface area contributed by atoms with Gasteiger partial charge in [0.15, 0.2) is 0 Å². The first kappa shape index (κ1) is 14.9. The van der Waals surface area contributed by atoms with Gasteiger partial charge < -0.3 is 10.2 Å². The van der Waals surface area contributed by atoms with Gasteiger partial charge in [-0.2, -0.15) is 0 Å². The fourth-order valence-electron chi connectivity index (χ4n) is 2.84. The van der Waals surface area contributed by atoms with Crippen LogP contribution in [0, 0.1) is 5.41 Å². The van der Waals surface area contributed by atoms with Crippen molar-refractivity contribution < 1.29 is 0 Å². The van der Waals surface area contributed by atoms with Crippen LogP contribution in [0.4, 0.5) is 5.69 Å². The lowest BCUT2D eigenvalue weighted by molar-refractivity contribution is 0.325. The van der Waals surface area contributed by atoms with Gasteiger partial charge in [0.2, 0.25) is 0 Å². The van der Waals surface area contributed by atoms with E-state index in [2.05, 4.69) is 58.2 Å². The van der Waals surface area contributed by atoms with E-state index < -0.39 is 0 Å². The Bertz CT molecular complexity index is 429. The van der Waals surface area contributed by atoms with Crippen LogP contribution in [0.15, 0.2) is 22.7 Å². The Hall–Kier alpha value is -0.540. The molecule has 0 aliphatic carbocycles. The summed E-state index contributed by atoms with van der Waals surface area (Å²) < 4.78 is 1.17. The lowest BCUT2D eigenvalue weighted by Crippen LogP contribution is -2.26. The minimum Gasteiger partial charge on any atom is -0.371 e. The van der Waals surface area contributed by atoms with Crippen LogP contribution in [-0.2, 0) is 6.54 Å².